The minimum atomic E-state index is 0.342. The summed E-state index contributed by atoms with van der Waals surface area (Å²) in [5.74, 6) is 0. The quantitative estimate of drug-likeness (QED) is 0.678. The molecule has 1 rings (SSSR count). The van der Waals surface area contributed by atoms with Crippen molar-refractivity contribution in [3.8, 4) is 0 Å². The van der Waals surface area contributed by atoms with Gasteiger partial charge in [0.1, 0.15) is 5.01 Å². The zero-order chi connectivity index (χ0) is 10.2. The molecule has 0 spiro atoms. The maximum absolute atomic E-state index is 5.66. The Balaban J connectivity index is 1.90. The van der Waals surface area contributed by atoms with Crippen LogP contribution in [0.5, 0.6) is 0 Å². The van der Waals surface area contributed by atoms with E-state index in [2.05, 4.69) is 17.2 Å². The molecule has 80 valence electrons. The molecule has 0 aliphatic heterocycles. The summed E-state index contributed by atoms with van der Waals surface area (Å²) in [6.45, 7) is 4.02. The van der Waals surface area contributed by atoms with Gasteiger partial charge in [0.05, 0.1) is 0 Å². The van der Waals surface area contributed by atoms with Crippen molar-refractivity contribution < 1.29 is 0 Å². The van der Waals surface area contributed by atoms with Crippen molar-refractivity contribution in [2.75, 3.05) is 6.54 Å². The first-order valence-electron chi connectivity index (χ1n) is 5.13. The van der Waals surface area contributed by atoms with Crippen molar-refractivity contribution in [2.24, 2.45) is 5.73 Å². The van der Waals surface area contributed by atoms with Crippen LogP contribution in [0.2, 0.25) is 0 Å². The lowest BCUT2D eigenvalue weighted by Crippen LogP contribution is -2.17. The number of nitrogens with two attached hydrogens (primary N) is 1. The minimum Gasteiger partial charge on any atom is -0.328 e. The van der Waals surface area contributed by atoms with E-state index in [1.54, 1.807) is 11.3 Å². The molecule has 0 aromatic carbocycles. The number of thiazole rings is 1. The first kappa shape index (κ1) is 11.6. The van der Waals surface area contributed by atoms with Crippen molar-refractivity contribution in [1.82, 2.24) is 10.3 Å². The predicted molar refractivity (Wildman–Crippen MR) is 61.3 cm³/mol. The maximum atomic E-state index is 5.66. The molecule has 1 unspecified atom stereocenters. The van der Waals surface area contributed by atoms with Crippen molar-refractivity contribution in [1.29, 1.82) is 0 Å². The van der Waals surface area contributed by atoms with Crippen LogP contribution in [-0.2, 0) is 6.54 Å². The van der Waals surface area contributed by atoms with Crippen LogP contribution in [0.1, 0.15) is 31.2 Å². The number of nitrogens with one attached hydrogen (secondary N) is 1. The SMILES string of the molecule is CC(N)CCCCNCc1nccs1. The molecular formula is C10H19N3S. The Kier molecular flexibility index (Phi) is 5.75. The molecule has 3 N–H and O–H groups in total. The highest BCUT2D eigenvalue weighted by Crippen LogP contribution is 2.03. The monoisotopic (exact) mass is 213 g/mol. The van der Waals surface area contributed by atoms with Crippen LogP contribution in [0.3, 0.4) is 0 Å². The lowest BCUT2D eigenvalue weighted by Gasteiger charge is -2.04. The van der Waals surface area contributed by atoms with Gasteiger partial charge in [0, 0.05) is 24.2 Å². The second kappa shape index (κ2) is 6.92. The smallest absolute Gasteiger partial charge is 0.106 e. The molecule has 3 nitrogen and oxygen atoms in total. The molecule has 0 bridgehead atoms. The van der Waals surface area contributed by atoms with Gasteiger partial charge in [-0.15, -0.1) is 11.3 Å². The highest BCUT2D eigenvalue weighted by Gasteiger charge is 1.95. The summed E-state index contributed by atoms with van der Waals surface area (Å²) in [6, 6.07) is 0.342. The van der Waals surface area contributed by atoms with E-state index in [0.29, 0.717) is 6.04 Å². The Morgan fingerprint density at radius 1 is 1.57 bits per heavy atom. The van der Waals surface area contributed by atoms with E-state index < -0.39 is 0 Å². The topological polar surface area (TPSA) is 50.9 Å². The number of aromatic nitrogens is 1. The predicted octanol–water partition coefficient (Wildman–Crippen LogP) is 1.75. The number of hydrogen-bond acceptors (Lipinski definition) is 4. The standard InChI is InChI=1S/C10H19N3S/c1-9(11)4-2-3-5-12-8-10-13-6-7-14-10/h6-7,9,12H,2-5,8,11H2,1H3. The second-order valence-electron chi connectivity index (χ2n) is 3.58. The van der Waals surface area contributed by atoms with E-state index in [9.17, 15) is 0 Å². The molecule has 0 saturated carbocycles. The Morgan fingerprint density at radius 3 is 3.07 bits per heavy atom. The van der Waals surface area contributed by atoms with Crippen molar-refractivity contribution in [3.05, 3.63) is 16.6 Å². The molecule has 0 aliphatic carbocycles. The van der Waals surface area contributed by atoms with Crippen molar-refractivity contribution >= 4 is 11.3 Å². The Bertz CT molecular complexity index is 221. The zero-order valence-electron chi connectivity index (χ0n) is 8.70. The first-order chi connectivity index (χ1) is 6.79. The van der Waals surface area contributed by atoms with Gasteiger partial charge < -0.3 is 11.1 Å². The largest absolute Gasteiger partial charge is 0.328 e. The number of hydrogen-bond donors (Lipinski definition) is 2. The molecule has 0 amide bonds. The molecule has 1 heterocycles. The summed E-state index contributed by atoms with van der Waals surface area (Å²) in [7, 11) is 0. The maximum Gasteiger partial charge on any atom is 0.106 e. The van der Waals surface area contributed by atoms with Gasteiger partial charge in [-0.3, -0.25) is 0 Å². The molecule has 0 saturated heterocycles. The Labute approximate surface area is 89.7 Å². The van der Waals surface area contributed by atoms with Crippen LogP contribution >= 0.6 is 11.3 Å². The summed E-state index contributed by atoms with van der Waals surface area (Å²) in [5, 5.41) is 6.54. The number of nitrogens with zero attached hydrogens (tertiary/aromatic N) is 1. The lowest BCUT2D eigenvalue weighted by atomic mass is 10.1. The van der Waals surface area contributed by atoms with E-state index in [1.807, 2.05) is 11.6 Å². The third-order valence-electron chi connectivity index (χ3n) is 2.02. The molecular weight excluding hydrogens is 194 g/mol. The normalized spacial score (nSPS) is 13.0. The van der Waals surface area contributed by atoms with Crippen LogP contribution in [0.25, 0.3) is 0 Å². The summed E-state index contributed by atoms with van der Waals surface area (Å²) in [5.41, 5.74) is 5.66. The van der Waals surface area contributed by atoms with Gasteiger partial charge in [-0.1, -0.05) is 6.42 Å². The fraction of sp³-hybridized carbons (Fsp3) is 0.700. The summed E-state index contributed by atoms with van der Waals surface area (Å²) < 4.78 is 0. The zero-order valence-corrected chi connectivity index (χ0v) is 9.52. The molecule has 0 fully saturated rings. The summed E-state index contributed by atoms with van der Waals surface area (Å²) in [6.07, 6.45) is 5.38. The summed E-state index contributed by atoms with van der Waals surface area (Å²) >= 11 is 1.70. The molecule has 4 heteroatoms. The summed E-state index contributed by atoms with van der Waals surface area (Å²) in [4.78, 5) is 4.20. The van der Waals surface area contributed by atoms with Crippen LogP contribution in [0.15, 0.2) is 11.6 Å². The van der Waals surface area contributed by atoms with Gasteiger partial charge in [-0.25, -0.2) is 4.98 Å². The third kappa shape index (κ3) is 5.32. The lowest BCUT2D eigenvalue weighted by molar-refractivity contribution is 0.563. The molecule has 1 atom stereocenters. The van der Waals surface area contributed by atoms with Crippen molar-refractivity contribution in [2.45, 2.75) is 38.8 Å². The average molecular weight is 213 g/mol. The molecule has 14 heavy (non-hydrogen) atoms. The van der Waals surface area contributed by atoms with Crippen LogP contribution in [0, 0.1) is 0 Å². The molecule has 0 radical (unpaired) electrons. The fourth-order valence-corrected chi connectivity index (χ4v) is 1.84. The van der Waals surface area contributed by atoms with E-state index >= 15 is 0 Å². The minimum absolute atomic E-state index is 0.342. The van der Waals surface area contributed by atoms with Crippen LogP contribution in [-0.4, -0.2) is 17.6 Å². The first-order valence-corrected chi connectivity index (χ1v) is 6.01. The Hall–Kier alpha value is -0.450. The van der Waals surface area contributed by atoms with Gasteiger partial charge in [0.15, 0.2) is 0 Å². The van der Waals surface area contributed by atoms with E-state index in [0.717, 1.165) is 24.5 Å². The highest BCUT2D eigenvalue weighted by atomic mass is 32.1. The number of rotatable bonds is 7. The fourth-order valence-electron chi connectivity index (χ4n) is 1.25. The van der Waals surface area contributed by atoms with Gasteiger partial charge in [-0.05, 0) is 26.3 Å². The van der Waals surface area contributed by atoms with Crippen LogP contribution in [0.4, 0.5) is 0 Å². The molecule has 1 aromatic heterocycles. The van der Waals surface area contributed by atoms with Crippen molar-refractivity contribution in [3.63, 3.8) is 0 Å². The third-order valence-corrected chi connectivity index (χ3v) is 2.80. The van der Waals surface area contributed by atoms with Gasteiger partial charge >= 0.3 is 0 Å². The van der Waals surface area contributed by atoms with Gasteiger partial charge in [-0.2, -0.15) is 0 Å². The average Bonchev–Trinajstić information content (AvgIpc) is 2.63. The van der Waals surface area contributed by atoms with E-state index in [-0.39, 0.29) is 0 Å². The van der Waals surface area contributed by atoms with Gasteiger partial charge in [0.2, 0.25) is 0 Å². The van der Waals surface area contributed by atoms with E-state index in [4.69, 9.17) is 5.73 Å². The highest BCUT2D eigenvalue weighted by molar-refractivity contribution is 7.09. The Morgan fingerprint density at radius 2 is 2.43 bits per heavy atom. The molecule has 0 aliphatic rings. The molecule has 1 aromatic rings. The van der Waals surface area contributed by atoms with Gasteiger partial charge in [0.25, 0.3) is 0 Å². The van der Waals surface area contributed by atoms with E-state index in [1.165, 1.54) is 12.8 Å². The second-order valence-corrected chi connectivity index (χ2v) is 4.55. The van der Waals surface area contributed by atoms with Crippen LogP contribution < -0.4 is 11.1 Å². The number of unbranched alkanes of at least 4 members (excludes halogenated alkanes) is 1.